The molecule has 1 saturated carbocycles. The fraction of sp³-hybridized carbons (Fsp3) is 0.682. The molecule has 1 saturated heterocycles. The normalized spacial score (nSPS) is 26.6. The van der Waals surface area contributed by atoms with Crippen LogP contribution in [0, 0.1) is 11.8 Å². The minimum Gasteiger partial charge on any atom is -0.492 e. The molecule has 0 radical (unpaired) electrons. The minimum atomic E-state index is 0.221. The van der Waals surface area contributed by atoms with Gasteiger partial charge in [-0.25, -0.2) is 0 Å². The highest BCUT2D eigenvalue weighted by Gasteiger charge is 2.30. The van der Waals surface area contributed by atoms with Gasteiger partial charge in [-0.3, -0.25) is 4.79 Å². The molecule has 150 valence electrons. The molecular formula is C22H36N3O2+. The van der Waals surface area contributed by atoms with Crippen LogP contribution in [0.25, 0.3) is 0 Å². The monoisotopic (exact) mass is 374 g/mol. The van der Waals surface area contributed by atoms with Crippen LogP contribution in [0.4, 0.5) is 5.69 Å². The summed E-state index contributed by atoms with van der Waals surface area (Å²) < 4.78 is 5.77. The molecule has 0 spiro atoms. The smallest absolute Gasteiger partial charge is 0.275 e. The van der Waals surface area contributed by atoms with E-state index in [2.05, 4.69) is 36.2 Å². The molecule has 27 heavy (non-hydrogen) atoms. The van der Waals surface area contributed by atoms with Crippen LogP contribution in [0.3, 0.4) is 0 Å². The number of nitrogens with one attached hydrogen (secondary N) is 2. The summed E-state index contributed by atoms with van der Waals surface area (Å²) in [6.07, 6.45) is 3.67. The van der Waals surface area contributed by atoms with Crippen LogP contribution in [0.5, 0.6) is 5.75 Å². The van der Waals surface area contributed by atoms with E-state index in [0.29, 0.717) is 31.0 Å². The third-order valence-corrected chi connectivity index (χ3v) is 6.44. The molecule has 0 unspecified atom stereocenters. The Morgan fingerprint density at radius 2 is 1.96 bits per heavy atom. The largest absolute Gasteiger partial charge is 0.492 e. The van der Waals surface area contributed by atoms with Crippen molar-refractivity contribution in [2.24, 2.45) is 11.8 Å². The van der Waals surface area contributed by atoms with Gasteiger partial charge in [-0.15, -0.1) is 0 Å². The van der Waals surface area contributed by atoms with Crippen LogP contribution >= 0.6 is 0 Å². The standard InChI is InChI=1S/C22H35N3O2/c1-4-27-21-11-6-5-10-20(21)25-14-12-24(13-15-25)16-22(26)23-19-9-7-8-17(2)18(19)3/h5-6,10-11,17-19H,4,7-9,12-16H2,1-3H3,(H,23,26)/p+1/t17-,18-,19-/m0/s1. The summed E-state index contributed by atoms with van der Waals surface area (Å²) in [7, 11) is 0. The van der Waals surface area contributed by atoms with Gasteiger partial charge in [0.05, 0.1) is 38.5 Å². The van der Waals surface area contributed by atoms with Gasteiger partial charge in [-0.1, -0.05) is 38.8 Å². The number of nitrogens with zero attached hydrogens (tertiary/aromatic N) is 1. The highest BCUT2D eigenvalue weighted by molar-refractivity contribution is 5.77. The lowest BCUT2D eigenvalue weighted by atomic mass is 9.78. The lowest BCUT2D eigenvalue weighted by Gasteiger charge is -2.36. The van der Waals surface area contributed by atoms with E-state index in [0.717, 1.165) is 38.3 Å². The summed E-state index contributed by atoms with van der Waals surface area (Å²) in [5, 5.41) is 3.32. The maximum Gasteiger partial charge on any atom is 0.275 e. The molecule has 3 atom stereocenters. The second-order valence-electron chi connectivity index (χ2n) is 8.26. The Hall–Kier alpha value is -1.75. The zero-order valence-electron chi connectivity index (χ0n) is 17.2. The van der Waals surface area contributed by atoms with Crippen LogP contribution in [-0.2, 0) is 4.79 Å². The van der Waals surface area contributed by atoms with Gasteiger partial charge < -0.3 is 19.9 Å². The average Bonchev–Trinajstić information content (AvgIpc) is 2.67. The number of quaternary nitrogens is 1. The van der Waals surface area contributed by atoms with Crippen molar-refractivity contribution < 1.29 is 14.4 Å². The second-order valence-corrected chi connectivity index (χ2v) is 8.26. The number of para-hydroxylation sites is 2. The third kappa shape index (κ3) is 5.16. The van der Waals surface area contributed by atoms with E-state index in [9.17, 15) is 4.79 Å². The number of anilines is 1. The van der Waals surface area contributed by atoms with E-state index < -0.39 is 0 Å². The fourth-order valence-corrected chi connectivity index (χ4v) is 4.51. The fourth-order valence-electron chi connectivity index (χ4n) is 4.51. The van der Waals surface area contributed by atoms with Crippen molar-refractivity contribution >= 4 is 11.6 Å². The Morgan fingerprint density at radius 3 is 2.70 bits per heavy atom. The molecule has 5 heteroatoms. The highest BCUT2D eigenvalue weighted by Crippen LogP contribution is 2.29. The molecular weight excluding hydrogens is 338 g/mol. The number of piperazine rings is 1. The lowest BCUT2D eigenvalue weighted by molar-refractivity contribution is -0.892. The zero-order chi connectivity index (χ0) is 19.2. The Balaban J connectivity index is 1.47. The van der Waals surface area contributed by atoms with E-state index in [-0.39, 0.29) is 5.91 Å². The van der Waals surface area contributed by atoms with Gasteiger partial charge in [-0.05, 0) is 37.3 Å². The van der Waals surface area contributed by atoms with Crippen LogP contribution in [0.2, 0.25) is 0 Å². The van der Waals surface area contributed by atoms with Gasteiger partial charge in [0, 0.05) is 6.04 Å². The van der Waals surface area contributed by atoms with Crippen molar-refractivity contribution in [2.45, 2.75) is 46.1 Å². The predicted molar refractivity (Wildman–Crippen MR) is 109 cm³/mol. The van der Waals surface area contributed by atoms with E-state index in [1.165, 1.54) is 23.4 Å². The summed E-state index contributed by atoms with van der Waals surface area (Å²) >= 11 is 0. The molecule has 1 aliphatic heterocycles. The van der Waals surface area contributed by atoms with Crippen molar-refractivity contribution in [3.05, 3.63) is 24.3 Å². The molecule has 2 N–H and O–H groups in total. The Morgan fingerprint density at radius 1 is 1.22 bits per heavy atom. The Kier molecular flexibility index (Phi) is 7.00. The SMILES string of the molecule is CCOc1ccccc1N1CC[NH+](CC(=O)N[C@H]2CCC[C@H](C)[C@@H]2C)CC1. The molecule has 2 fully saturated rings. The number of carbonyl (C=O) groups excluding carboxylic acids is 1. The van der Waals surface area contributed by atoms with Crippen molar-refractivity contribution in [1.82, 2.24) is 5.32 Å². The molecule has 1 amide bonds. The molecule has 1 aromatic carbocycles. The second kappa shape index (κ2) is 9.45. The zero-order valence-corrected chi connectivity index (χ0v) is 17.2. The molecule has 0 bridgehead atoms. The van der Waals surface area contributed by atoms with Gasteiger partial charge in [-0.2, -0.15) is 0 Å². The first kappa shape index (κ1) is 20.0. The molecule has 1 aliphatic carbocycles. The number of ether oxygens (including phenoxy) is 1. The molecule has 5 nitrogen and oxygen atoms in total. The maximum absolute atomic E-state index is 12.6. The van der Waals surface area contributed by atoms with Crippen LogP contribution in [0.1, 0.15) is 40.0 Å². The summed E-state index contributed by atoms with van der Waals surface area (Å²) in [5.74, 6) is 2.48. The summed E-state index contributed by atoms with van der Waals surface area (Å²) in [5.41, 5.74) is 1.17. The Labute approximate surface area is 164 Å². The van der Waals surface area contributed by atoms with E-state index in [1.54, 1.807) is 0 Å². The van der Waals surface area contributed by atoms with Crippen molar-refractivity contribution in [3.63, 3.8) is 0 Å². The number of amides is 1. The van der Waals surface area contributed by atoms with Crippen molar-refractivity contribution in [3.8, 4) is 5.75 Å². The van der Waals surface area contributed by atoms with Crippen molar-refractivity contribution in [1.29, 1.82) is 0 Å². The number of benzene rings is 1. The first-order chi connectivity index (χ1) is 13.1. The molecule has 1 aromatic rings. The van der Waals surface area contributed by atoms with Gasteiger partial charge in [0.2, 0.25) is 0 Å². The minimum absolute atomic E-state index is 0.221. The average molecular weight is 375 g/mol. The summed E-state index contributed by atoms with van der Waals surface area (Å²) in [4.78, 5) is 16.3. The number of carbonyl (C=O) groups is 1. The predicted octanol–water partition coefficient (Wildman–Crippen LogP) is 1.73. The van der Waals surface area contributed by atoms with Gasteiger partial charge in [0.15, 0.2) is 6.54 Å². The molecule has 2 aliphatic rings. The Bertz CT molecular complexity index is 613. The maximum atomic E-state index is 12.6. The number of hydrogen-bond acceptors (Lipinski definition) is 3. The van der Waals surface area contributed by atoms with Gasteiger partial charge in [0.1, 0.15) is 5.75 Å². The first-order valence-electron chi connectivity index (χ1n) is 10.7. The topological polar surface area (TPSA) is 46.0 Å². The van der Waals surface area contributed by atoms with Crippen LogP contribution < -0.4 is 19.9 Å². The van der Waals surface area contributed by atoms with E-state index in [4.69, 9.17) is 4.74 Å². The van der Waals surface area contributed by atoms with Crippen LogP contribution in [-0.4, -0.2) is 51.3 Å². The number of hydrogen-bond donors (Lipinski definition) is 2. The quantitative estimate of drug-likeness (QED) is 0.797. The van der Waals surface area contributed by atoms with Crippen LogP contribution in [0.15, 0.2) is 24.3 Å². The lowest BCUT2D eigenvalue weighted by Crippen LogP contribution is -3.16. The van der Waals surface area contributed by atoms with Crippen molar-refractivity contribution in [2.75, 3.05) is 44.2 Å². The first-order valence-corrected chi connectivity index (χ1v) is 10.7. The molecule has 1 heterocycles. The van der Waals surface area contributed by atoms with E-state index >= 15 is 0 Å². The van der Waals surface area contributed by atoms with Gasteiger partial charge >= 0.3 is 0 Å². The molecule has 3 rings (SSSR count). The third-order valence-electron chi connectivity index (χ3n) is 6.44. The van der Waals surface area contributed by atoms with Gasteiger partial charge in [0.25, 0.3) is 5.91 Å². The number of rotatable bonds is 6. The summed E-state index contributed by atoms with van der Waals surface area (Å²) in [6, 6.07) is 8.62. The molecule has 0 aromatic heterocycles. The summed E-state index contributed by atoms with van der Waals surface area (Å²) in [6.45, 7) is 11.8. The van der Waals surface area contributed by atoms with E-state index in [1.807, 2.05) is 19.1 Å². The highest BCUT2D eigenvalue weighted by atomic mass is 16.5.